The molecular weight excluding hydrogens is 478 g/mol. The van der Waals surface area contributed by atoms with Gasteiger partial charge in [0.1, 0.15) is 11.5 Å². The second-order valence-corrected chi connectivity index (χ2v) is 8.84. The normalized spacial score (nSPS) is 11.5. The van der Waals surface area contributed by atoms with E-state index in [-0.39, 0.29) is 11.4 Å². The van der Waals surface area contributed by atoms with Crippen LogP contribution in [0.15, 0.2) is 91.0 Å². The van der Waals surface area contributed by atoms with Crippen LogP contribution in [0.25, 0.3) is 11.1 Å². The molecule has 7 nitrogen and oxygen atoms in total. The number of benzene rings is 4. The van der Waals surface area contributed by atoms with Crippen LogP contribution in [0.3, 0.4) is 0 Å². The van der Waals surface area contributed by atoms with E-state index in [1.165, 1.54) is 11.6 Å². The predicted molar refractivity (Wildman–Crippen MR) is 152 cm³/mol. The maximum atomic E-state index is 10.7. The third-order valence-corrected chi connectivity index (χ3v) is 6.15. The maximum Gasteiger partial charge on any atom is 0.211 e. The Morgan fingerprint density at radius 3 is 2.42 bits per heavy atom. The first-order valence-electron chi connectivity index (χ1n) is 12.7. The average molecular weight is 512 g/mol. The highest BCUT2D eigenvalue weighted by atomic mass is 16.5. The van der Waals surface area contributed by atoms with Gasteiger partial charge in [-0.3, -0.25) is 4.79 Å². The summed E-state index contributed by atoms with van der Waals surface area (Å²) < 4.78 is 5.84. The van der Waals surface area contributed by atoms with Crippen LogP contribution in [-0.4, -0.2) is 36.3 Å². The molecule has 0 aromatic heterocycles. The van der Waals surface area contributed by atoms with Crippen molar-refractivity contribution in [1.82, 2.24) is 5.32 Å². The molecule has 1 unspecified atom stereocenters. The SMILES string of the molecule is CCOc1ccc(Nc2ccc(CCNCC(O)c3ccc(O)c(NC=O)c3)cc2)cc1-c1ccccc1. The Morgan fingerprint density at radius 1 is 0.921 bits per heavy atom. The highest BCUT2D eigenvalue weighted by Crippen LogP contribution is 2.34. The van der Waals surface area contributed by atoms with Crippen molar-refractivity contribution in [3.63, 3.8) is 0 Å². The standard InChI is InChI=1S/C31H33N3O4/c1-2-38-31-15-13-26(19-27(31)23-6-4-3-5-7-23)34-25-11-8-22(9-12-25)16-17-32-20-30(37)24-10-14-29(36)28(18-24)33-21-35/h3-15,18-19,21,30,32,34,36-37H,2,16-17,20H2,1H3,(H,33,35). The van der Waals surface area contributed by atoms with Crippen molar-refractivity contribution < 1.29 is 19.7 Å². The number of amides is 1. The van der Waals surface area contributed by atoms with Gasteiger partial charge in [-0.15, -0.1) is 0 Å². The quantitative estimate of drug-likeness (QED) is 0.0905. The van der Waals surface area contributed by atoms with Crippen LogP contribution in [0.1, 0.15) is 24.2 Å². The van der Waals surface area contributed by atoms with Crippen molar-refractivity contribution in [1.29, 1.82) is 0 Å². The van der Waals surface area contributed by atoms with Crippen LogP contribution >= 0.6 is 0 Å². The first-order valence-corrected chi connectivity index (χ1v) is 12.7. The third-order valence-electron chi connectivity index (χ3n) is 6.15. The molecule has 4 aromatic rings. The van der Waals surface area contributed by atoms with E-state index in [1.807, 2.05) is 37.3 Å². The van der Waals surface area contributed by atoms with Crippen molar-refractivity contribution in [2.75, 3.05) is 30.3 Å². The van der Waals surface area contributed by atoms with Gasteiger partial charge in [0.2, 0.25) is 6.41 Å². The van der Waals surface area contributed by atoms with Gasteiger partial charge in [0.05, 0.1) is 18.4 Å². The van der Waals surface area contributed by atoms with Gasteiger partial charge in [-0.1, -0.05) is 48.5 Å². The molecule has 5 N–H and O–H groups in total. The zero-order valence-electron chi connectivity index (χ0n) is 21.4. The molecule has 0 fully saturated rings. The van der Waals surface area contributed by atoms with Crippen LogP contribution in [0.4, 0.5) is 17.1 Å². The van der Waals surface area contributed by atoms with Gasteiger partial charge in [0.15, 0.2) is 0 Å². The number of phenolic OH excluding ortho intramolecular Hbond substituents is 1. The topological polar surface area (TPSA) is 103 Å². The van der Waals surface area contributed by atoms with Crippen LogP contribution < -0.4 is 20.7 Å². The van der Waals surface area contributed by atoms with Crippen LogP contribution in [0.2, 0.25) is 0 Å². The number of ether oxygens (including phenoxy) is 1. The van der Waals surface area contributed by atoms with Crippen molar-refractivity contribution in [3.05, 3.63) is 102 Å². The minimum absolute atomic E-state index is 0.0434. The molecule has 1 amide bonds. The minimum Gasteiger partial charge on any atom is -0.506 e. The summed E-state index contributed by atoms with van der Waals surface area (Å²) in [5.74, 6) is 0.818. The van der Waals surface area contributed by atoms with Crippen LogP contribution in [-0.2, 0) is 11.2 Å². The Bertz CT molecular complexity index is 1330. The molecule has 7 heteroatoms. The van der Waals surface area contributed by atoms with E-state index < -0.39 is 6.10 Å². The molecule has 0 radical (unpaired) electrons. The monoisotopic (exact) mass is 511 g/mol. The molecule has 0 aliphatic rings. The summed E-state index contributed by atoms with van der Waals surface area (Å²) in [6.07, 6.45) is 0.538. The minimum atomic E-state index is -0.760. The number of nitrogens with one attached hydrogen (secondary N) is 3. The van der Waals surface area contributed by atoms with Crippen molar-refractivity contribution in [2.45, 2.75) is 19.4 Å². The molecule has 196 valence electrons. The largest absolute Gasteiger partial charge is 0.506 e. The van der Waals surface area contributed by atoms with E-state index >= 15 is 0 Å². The zero-order chi connectivity index (χ0) is 26.7. The fourth-order valence-corrected chi connectivity index (χ4v) is 4.18. The lowest BCUT2D eigenvalue weighted by Crippen LogP contribution is -2.23. The van der Waals surface area contributed by atoms with E-state index in [4.69, 9.17) is 4.74 Å². The van der Waals surface area contributed by atoms with Gasteiger partial charge in [-0.25, -0.2) is 0 Å². The molecule has 0 heterocycles. The number of aromatic hydroxyl groups is 1. The van der Waals surface area contributed by atoms with Crippen LogP contribution in [0.5, 0.6) is 11.5 Å². The second-order valence-electron chi connectivity index (χ2n) is 8.84. The van der Waals surface area contributed by atoms with Gasteiger partial charge in [0, 0.05) is 23.5 Å². The van der Waals surface area contributed by atoms with E-state index in [9.17, 15) is 15.0 Å². The molecular formula is C31H33N3O4. The number of anilines is 3. The summed E-state index contributed by atoms with van der Waals surface area (Å²) >= 11 is 0. The molecule has 0 saturated heterocycles. The molecule has 0 aliphatic heterocycles. The number of carbonyl (C=O) groups is 1. The number of aliphatic hydroxyl groups is 1. The average Bonchev–Trinajstić information content (AvgIpc) is 2.94. The first kappa shape index (κ1) is 26.7. The van der Waals surface area contributed by atoms with E-state index in [2.05, 4.69) is 58.4 Å². The Balaban J connectivity index is 1.30. The van der Waals surface area contributed by atoms with Gasteiger partial charge >= 0.3 is 0 Å². The lowest BCUT2D eigenvalue weighted by Gasteiger charge is -2.15. The van der Waals surface area contributed by atoms with E-state index in [0.29, 0.717) is 31.7 Å². The number of rotatable bonds is 13. The van der Waals surface area contributed by atoms with Gasteiger partial charge in [-0.2, -0.15) is 0 Å². The van der Waals surface area contributed by atoms with Crippen LogP contribution in [0, 0.1) is 0 Å². The number of hydrogen-bond acceptors (Lipinski definition) is 6. The molecule has 0 saturated carbocycles. The fraction of sp³-hybridized carbons (Fsp3) is 0.194. The predicted octanol–water partition coefficient (Wildman–Crippen LogP) is 5.64. The van der Waals surface area contributed by atoms with E-state index in [0.717, 1.165) is 34.7 Å². The summed E-state index contributed by atoms with van der Waals surface area (Å²) in [5.41, 5.74) is 6.19. The smallest absolute Gasteiger partial charge is 0.211 e. The lowest BCUT2D eigenvalue weighted by atomic mass is 10.0. The molecule has 0 aliphatic carbocycles. The van der Waals surface area contributed by atoms with Gasteiger partial charge in [0.25, 0.3) is 0 Å². The Kier molecular flexibility index (Phi) is 9.34. The van der Waals surface area contributed by atoms with Gasteiger partial charge in [-0.05, 0) is 79.0 Å². The summed E-state index contributed by atoms with van der Waals surface area (Å²) in [5, 5.41) is 29.4. The van der Waals surface area contributed by atoms with Gasteiger partial charge < -0.3 is 30.9 Å². The Labute approximate surface area is 223 Å². The summed E-state index contributed by atoms with van der Waals surface area (Å²) in [6.45, 7) is 3.64. The summed E-state index contributed by atoms with van der Waals surface area (Å²) in [6, 6.07) is 29.3. The summed E-state index contributed by atoms with van der Waals surface area (Å²) in [4.78, 5) is 10.7. The lowest BCUT2D eigenvalue weighted by molar-refractivity contribution is -0.105. The van der Waals surface area contributed by atoms with E-state index in [1.54, 1.807) is 12.1 Å². The number of phenols is 1. The van der Waals surface area contributed by atoms with Crippen molar-refractivity contribution in [2.24, 2.45) is 0 Å². The fourth-order valence-electron chi connectivity index (χ4n) is 4.18. The van der Waals surface area contributed by atoms with Crippen molar-refractivity contribution in [3.8, 4) is 22.6 Å². The highest BCUT2D eigenvalue weighted by molar-refractivity contribution is 5.77. The number of carbonyl (C=O) groups excluding carboxylic acids is 1. The maximum absolute atomic E-state index is 10.7. The zero-order valence-corrected chi connectivity index (χ0v) is 21.4. The number of hydrogen-bond donors (Lipinski definition) is 5. The molecule has 38 heavy (non-hydrogen) atoms. The van der Waals surface area contributed by atoms with Crippen molar-refractivity contribution >= 4 is 23.5 Å². The Morgan fingerprint density at radius 2 is 1.68 bits per heavy atom. The Hall–Kier alpha value is -4.33. The molecule has 4 aromatic carbocycles. The molecule has 0 spiro atoms. The highest BCUT2D eigenvalue weighted by Gasteiger charge is 2.11. The molecule has 1 atom stereocenters. The summed E-state index contributed by atoms with van der Waals surface area (Å²) in [7, 11) is 0. The molecule has 0 bridgehead atoms. The first-order chi connectivity index (χ1) is 18.6. The third kappa shape index (κ3) is 7.12. The molecule has 4 rings (SSSR count). The second kappa shape index (κ2) is 13.3. The number of aliphatic hydroxyl groups excluding tert-OH is 1.